The molecule has 1 aliphatic rings. The van der Waals surface area contributed by atoms with Crippen LogP contribution in [0.1, 0.15) is 17.3 Å². The monoisotopic (exact) mass is 361 g/mol. The van der Waals surface area contributed by atoms with Crippen molar-refractivity contribution in [3.05, 3.63) is 23.8 Å². The summed E-state index contributed by atoms with van der Waals surface area (Å²) in [5, 5.41) is 0. The van der Waals surface area contributed by atoms with Crippen molar-refractivity contribution in [2.24, 2.45) is 0 Å². The number of amides is 1. The lowest BCUT2D eigenvalue weighted by Gasteiger charge is -2.23. The van der Waals surface area contributed by atoms with Crippen LogP contribution < -0.4 is 9.47 Å². The number of hydrogen-bond acceptors (Lipinski definition) is 7. The van der Waals surface area contributed by atoms with Gasteiger partial charge in [0.2, 0.25) is 13.6 Å². The molecule has 0 spiro atoms. The Morgan fingerprint density at radius 3 is 2.67 bits per heavy atom. The second-order valence-electron chi connectivity index (χ2n) is 4.87. The Morgan fingerprint density at radius 2 is 2.00 bits per heavy atom. The first-order valence-electron chi connectivity index (χ1n) is 6.72. The first-order chi connectivity index (χ1) is 11.2. The van der Waals surface area contributed by atoms with Crippen molar-refractivity contribution in [3.63, 3.8) is 0 Å². The third kappa shape index (κ3) is 4.45. The Labute approximate surface area is 137 Å². The molecule has 0 aromatic heterocycles. The number of ether oxygens (including phenoxy) is 3. The molecule has 11 heteroatoms. The molecule has 1 amide bonds. The summed E-state index contributed by atoms with van der Waals surface area (Å²) in [6.07, 6.45) is -0.968. The Morgan fingerprint density at radius 1 is 1.33 bits per heavy atom. The van der Waals surface area contributed by atoms with Crippen molar-refractivity contribution in [2.75, 3.05) is 20.6 Å². The smallest absolute Gasteiger partial charge is 0.454 e. The van der Waals surface area contributed by atoms with E-state index in [0.29, 0.717) is 17.1 Å². The topological polar surface area (TPSA) is 132 Å². The molecule has 1 heterocycles. The molecule has 10 nitrogen and oxygen atoms in total. The molecule has 0 saturated carbocycles. The van der Waals surface area contributed by atoms with E-state index < -0.39 is 26.8 Å². The third-order valence-electron chi connectivity index (χ3n) is 3.31. The van der Waals surface area contributed by atoms with Crippen LogP contribution in [0.25, 0.3) is 0 Å². The number of phosphoric acid groups is 1. The Kier molecular flexibility index (Phi) is 5.45. The molecule has 0 bridgehead atoms. The molecule has 2 N–H and O–H groups in total. The molecule has 1 atom stereocenters. The molecule has 0 saturated heterocycles. The molecule has 0 radical (unpaired) electrons. The molecule has 132 valence electrons. The van der Waals surface area contributed by atoms with Gasteiger partial charge in [-0.1, -0.05) is 0 Å². The number of nitrogens with zero attached hydrogens (tertiary/aromatic N) is 1. The maximum atomic E-state index is 12.4. The summed E-state index contributed by atoms with van der Waals surface area (Å²) in [5.41, 5.74) is 0.317. The quantitative estimate of drug-likeness (QED) is 0.434. The molecule has 0 fully saturated rings. The lowest BCUT2D eigenvalue weighted by atomic mass is 10.0. The Balaban J connectivity index is 1.96. The van der Waals surface area contributed by atoms with Crippen molar-refractivity contribution in [1.29, 1.82) is 0 Å². The fourth-order valence-electron chi connectivity index (χ4n) is 1.87. The highest BCUT2D eigenvalue weighted by Crippen LogP contribution is 2.35. The average molecular weight is 361 g/mol. The van der Waals surface area contributed by atoms with Crippen LogP contribution in [0.5, 0.6) is 11.5 Å². The fourth-order valence-corrected chi connectivity index (χ4v) is 2.06. The van der Waals surface area contributed by atoms with Gasteiger partial charge in [-0.05, 0) is 25.1 Å². The molecule has 2 rings (SSSR count). The molecule has 1 aromatic rings. The minimum Gasteiger partial charge on any atom is -0.454 e. The number of carbonyl (C=O) groups is 2. The van der Waals surface area contributed by atoms with Crippen LogP contribution >= 0.6 is 7.82 Å². The van der Waals surface area contributed by atoms with E-state index in [0.717, 1.165) is 4.90 Å². The summed E-state index contributed by atoms with van der Waals surface area (Å²) in [6, 6.07) is 3.77. The molecule has 1 aromatic carbocycles. The van der Waals surface area contributed by atoms with E-state index in [4.69, 9.17) is 19.3 Å². The number of fused-ring (bicyclic) bond motifs is 1. The number of likely N-dealkylation sites (N-methyl/N-ethyl adjacent to an activating group) is 1. The van der Waals surface area contributed by atoms with Gasteiger partial charge in [-0.3, -0.25) is 4.79 Å². The Bertz CT molecular complexity index is 686. The minimum absolute atomic E-state index is 0.0777. The number of rotatable bonds is 6. The van der Waals surface area contributed by atoms with E-state index in [1.165, 1.54) is 20.0 Å². The van der Waals surface area contributed by atoms with Crippen molar-refractivity contribution in [3.8, 4) is 11.5 Å². The highest BCUT2D eigenvalue weighted by Gasteiger charge is 2.26. The summed E-state index contributed by atoms with van der Waals surface area (Å²) in [7, 11) is -3.42. The van der Waals surface area contributed by atoms with Crippen LogP contribution in [-0.2, 0) is 13.8 Å². The van der Waals surface area contributed by atoms with Gasteiger partial charge in [-0.25, -0.2) is 13.9 Å². The summed E-state index contributed by atoms with van der Waals surface area (Å²) >= 11 is 0. The van der Waals surface area contributed by atoms with Crippen molar-refractivity contribution < 1.29 is 42.7 Å². The number of carbonyl (C=O) groups excluding carboxylic acids is 2. The lowest BCUT2D eigenvalue weighted by Crippen LogP contribution is -2.40. The third-order valence-corrected chi connectivity index (χ3v) is 3.75. The van der Waals surface area contributed by atoms with Gasteiger partial charge in [-0.15, -0.1) is 0 Å². The zero-order valence-electron chi connectivity index (χ0n) is 12.9. The van der Waals surface area contributed by atoms with Crippen molar-refractivity contribution in [2.45, 2.75) is 13.0 Å². The van der Waals surface area contributed by atoms with Crippen LogP contribution in [0.15, 0.2) is 18.2 Å². The molecular formula is C13H16NO9P. The SMILES string of the molecule is CC(C(=O)c1ccc2c(c1)OCO2)N(C)C(=O)OCOP(=O)(O)O. The first kappa shape index (κ1) is 18.2. The highest BCUT2D eigenvalue weighted by atomic mass is 31.2. The normalized spacial score (nSPS) is 14.2. The molecule has 0 aliphatic carbocycles. The van der Waals surface area contributed by atoms with E-state index in [-0.39, 0.29) is 12.6 Å². The zero-order chi connectivity index (χ0) is 17.9. The van der Waals surface area contributed by atoms with Crippen molar-refractivity contribution >= 4 is 19.7 Å². The first-order valence-corrected chi connectivity index (χ1v) is 8.25. The van der Waals surface area contributed by atoms with E-state index >= 15 is 0 Å². The van der Waals surface area contributed by atoms with E-state index in [1.807, 2.05) is 0 Å². The van der Waals surface area contributed by atoms with Gasteiger partial charge in [0.05, 0.1) is 6.04 Å². The van der Waals surface area contributed by atoms with E-state index in [2.05, 4.69) is 9.26 Å². The number of benzene rings is 1. The Hall–Kier alpha value is -2.13. The van der Waals surface area contributed by atoms with Crippen LogP contribution in [0, 0.1) is 0 Å². The molecule has 1 unspecified atom stereocenters. The number of phosphoric ester groups is 1. The second-order valence-corrected chi connectivity index (χ2v) is 6.11. The maximum Gasteiger partial charge on any atom is 0.472 e. The summed E-state index contributed by atoms with van der Waals surface area (Å²) in [5.74, 6) is 0.596. The average Bonchev–Trinajstić information content (AvgIpc) is 2.98. The van der Waals surface area contributed by atoms with Gasteiger partial charge in [0.1, 0.15) is 0 Å². The van der Waals surface area contributed by atoms with Crippen LogP contribution in [-0.4, -0.2) is 53.2 Å². The van der Waals surface area contributed by atoms with Gasteiger partial charge in [0.15, 0.2) is 17.3 Å². The second kappa shape index (κ2) is 7.18. The number of ketones is 1. The van der Waals surface area contributed by atoms with Gasteiger partial charge >= 0.3 is 13.9 Å². The molecule has 24 heavy (non-hydrogen) atoms. The lowest BCUT2D eigenvalue weighted by molar-refractivity contribution is 0.0190. The van der Waals surface area contributed by atoms with E-state index in [9.17, 15) is 14.2 Å². The van der Waals surface area contributed by atoms with Crippen LogP contribution in [0.3, 0.4) is 0 Å². The summed E-state index contributed by atoms with van der Waals surface area (Å²) in [4.78, 5) is 42.2. The van der Waals surface area contributed by atoms with Crippen molar-refractivity contribution in [1.82, 2.24) is 4.90 Å². The van der Waals surface area contributed by atoms with Gasteiger partial charge in [0.25, 0.3) is 0 Å². The van der Waals surface area contributed by atoms with Gasteiger partial charge < -0.3 is 28.9 Å². The zero-order valence-corrected chi connectivity index (χ0v) is 13.8. The minimum atomic E-state index is -4.74. The predicted octanol–water partition coefficient (Wildman–Crippen LogP) is 1.12. The summed E-state index contributed by atoms with van der Waals surface area (Å²) < 4.78 is 29.4. The van der Waals surface area contributed by atoms with Gasteiger partial charge in [-0.2, -0.15) is 0 Å². The van der Waals surface area contributed by atoms with Gasteiger partial charge in [0, 0.05) is 12.6 Å². The van der Waals surface area contributed by atoms with Crippen LogP contribution in [0.4, 0.5) is 4.79 Å². The highest BCUT2D eigenvalue weighted by molar-refractivity contribution is 7.46. The molecular weight excluding hydrogens is 345 g/mol. The summed E-state index contributed by atoms with van der Waals surface area (Å²) in [6.45, 7) is 0.630. The van der Waals surface area contributed by atoms with Crippen LogP contribution in [0.2, 0.25) is 0 Å². The number of Topliss-reactive ketones (excluding diaryl/α,β-unsaturated/α-hetero) is 1. The largest absolute Gasteiger partial charge is 0.472 e. The number of hydrogen-bond donors (Lipinski definition) is 2. The fraction of sp³-hybridized carbons (Fsp3) is 0.385. The standard InChI is InChI=1S/C13H16NO9P/c1-8(14(2)13(16)22-7-23-24(17,18)19)12(15)9-3-4-10-11(5-9)21-6-20-10/h3-5,8H,6-7H2,1-2H3,(H2,17,18,19). The maximum absolute atomic E-state index is 12.4. The predicted molar refractivity (Wildman–Crippen MR) is 78.6 cm³/mol. The molecule has 1 aliphatic heterocycles. The van der Waals surface area contributed by atoms with E-state index in [1.54, 1.807) is 12.1 Å².